The van der Waals surface area contributed by atoms with Gasteiger partial charge in [0.1, 0.15) is 5.82 Å². The normalized spacial score (nSPS) is 14.0. The number of nitrogens with one attached hydrogen (secondary N) is 1. The number of rotatable bonds is 9. The van der Waals surface area contributed by atoms with E-state index in [1.165, 1.54) is 0 Å². The van der Waals surface area contributed by atoms with Gasteiger partial charge in [0.15, 0.2) is 0 Å². The molecule has 0 saturated carbocycles. The van der Waals surface area contributed by atoms with Crippen molar-refractivity contribution in [2.24, 2.45) is 5.41 Å². The lowest BCUT2D eigenvalue weighted by atomic mass is 9.99. The Balaban J connectivity index is 1.87. The van der Waals surface area contributed by atoms with Gasteiger partial charge in [0.05, 0.1) is 18.5 Å². The lowest BCUT2D eigenvalue weighted by Crippen LogP contribution is -2.18. The van der Waals surface area contributed by atoms with Gasteiger partial charge in [0, 0.05) is 23.9 Å². The fourth-order valence-corrected chi connectivity index (χ4v) is 2.79. The van der Waals surface area contributed by atoms with Gasteiger partial charge in [-0.05, 0) is 43.2 Å². The molecule has 2 heterocycles. The highest BCUT2D eigenvalue weighted by molar-refractivity contribution is 5.36. The Hall–Kier alpha value is -2.17. The molecule has 2 aromatic rings. The molecule has 5 heteroatoms. The highest BCUT2D eigenvalue weighted by Gasteiger charge is 2.14. The van der Waals surface area contributed by atoms with Crippen molar-refractivity contribution >= 4 is 5.82 Å². The number of nitrogens with zero attached hydrogens (tertiary/aromatic N) is 3. The van der Waals surface area contributed by atoms with Crippen molar-refractivity contribution in [1.82, 2.24) is 15.0 Å². The molecule has 0 aromatic carbocycles. The Labute approximate surface area is 170 Å². The first-order valence-electron chi connectivity index (χ1n) is 10.3. The Morgan fingerprint density at radius 1 is 0.964 bits per heavy atom. The number of ether oxygens (including phenoxy) is 1. The van der Waals surface area contributed by atoms with Gasteiger partial charge in [0.2, 0.25) is 5.88 Å². The molecule has 0 spiro atoms. The summed E-state index contributed by atoms with van der Waals surface area (Å²) in [5, 5.41) is 3.52. The zero-order valence-electron chi connectivity index (χ0n) is 18.5. The van der Waals surface area contributed by atoms with E-state index in [2.05, 4.69) is 75.9 Å². The van der Waals surface area contributed by atoms with E-state index < -0.39 is 0 Å². The fourth-order valence-electron chi connectivity index (χ4n) is 2.79. The molecule has 5 nitrogen and oxygen atoms in total. The maximum absolute atomic E-state index is 5.80. The van der Waals surface area contributed by atoms with Crippen molar-refractivity contribution in [3.63, 3.8) is 0 Å². The third-order valence-electron chi connectivity index (χ3n) is 4.58. The number of hydrogen-bond donors (Lipinski definition) is 1. The standard InChI is InChI=1S/C23H36N4O/c1-16(2)19-9-8-10-21(26-19)25-18(4)12-11-17(3)20-13-24-14-22(27-20)28-15-23(5,6)7/h8-10,13-14,16-18H,11-12,15H2,1-7H3,(H,25,26). The predicted molar refractivity (Wildman–Crippen MR) is 116 cm³/mol. The van der Waals surface area contributed by atoms with Crippen LogP contribution in [-0.4, -0.2) is 27.6 Å². The Morgan fingerprint density at radius 3 is 2.39 bits per heavy atom. The van der Waals surface area contributed by atoms with Gasteiger partial charge in [-0.15, -0.1) is 0 Å². The summed E-state index contributed by atoms with van der Waals surface area (Å²) in [7, 11) is 0. The average molecular weight is 385 g/mol. The van der Waals surface area contributed by atoms with Crippen LogP contribution in [0.15, 0.2) is 30.6 Å². The van der Waals surface area contributed by atoms with Gasteiger partial charge in [-0.1, -0.05) is 47.6 Å². The van der Waals surface area contributed by atoms with E-state index in [9.17, 15) is 0 Å². The molecule has 28 heavy (non-hydrogen) atoms. The molecule has 0 aliphatic carbocycles. The van der Waals surface area contributed by atoms with Crippen LogP contribution in [0.4, 0.5) is 5.82 Å². The molecule has 2 atom stereocenters. The average Bonchev–Trinajstić information content (AvgIpc) is 2.64. The summed E-state index contributed by atoms with van der Waals surface area (Å²) in [5.41, 5.74) is 2.21. The second-order valence-corrected chi connectivity index (χ2v) is 9.26. The van der Waals surface area contributed by atoms with E-state index in [4.69, 9.17) is 9.72 Å². The van der Waals surface area contributed by atoms with Gasteiger partial charge in [-0.2, -0.15) is 0 Å². The van der Waals surface area contributed by atoms with Crippen LogP contribution >= 0.6 is 0 Å². The minimum atomic E-state index is 0.102. The first-order chi connectivity index (χ1) is 13.1. The van der Waals surface area contributed by atoms with Crippen LogP contribution in [0.25, 0.3) is 0 Å². The molecular weight excluding hydrogens is 348 g/mol. The summed E-state index contributed by atoms with van der Waals surface area (Å²) in [6.45, 7) is 15.8. The van der Waals surface area contributed by atoms with Crippen molar-refractivity contribution in [3.05, 3.63) is 42.0 Å². The third kappa shape index (κ3) is 7.45. The summed E-state index contributed by atoms with van der Waals surface area (Å²) in [5.74, 6) is 2.32. The second-order valence-electron chi connectivity index (χ2n) is 9.26. The van der Waals surface area contributed by atoms with Gasteiger partial charge in [-0.25, -0.2) is 9.97 Å². The quantitative estimate of drug-likeness (QED) is 0.591. The molecule has 0 saturated heterocycles. The predicted octanol–water partition coefficient (Wildman–Crippen LogP) is 5.80. The number of pyridine rings is 1. The van der Waals surface area contributed by atoms with Crippen molar-refractivity contribution in [2.75, 3.05) is 11.9 Å². The van der Waals surface area contributed by atoms with E-state index in [1.54, 1.807) is 6.20 Å². The largest absolute Gasteiger partial charge is 0.476 e. The fraction of sp³-hybridized carbons (Fsp3) is 0.609. The summed E-state index contributed by atoms with van der Waals surface area (Å²) >= 11 is 0. The number of hydrogen-bond acceptors (Lipinski definition) is 5. The lowest BCUT2D eigenvalue weighted by molar-refractivity contribution is 0.190. The molecule has 2 unspecified atom stereocenters. The molecule has 0 fully saturated rings. The minimum Gasteiger partial charge on any atom is -0.476 e. The van der Waals surface area contributed by atoms with E-state index in [0.717, 1.165) is 30.0 Å². The second kappa shape index (κ2) is 9.85. The van der Waals surface area contributed by atoms with Crippen molar-refractivity contribution in [1.29, 1.82) is 0 Å². The monoisotopic (exact) mass is 384 g/mol. The maximum atomic E-state index is 5.80. The Morgan fingerprint density at radius 2 is 1.71 bits per heavy atom. The Kier molecular flexibility index (Phi) is 7.78. The van der Waals surface area contributed by atoms with Crippen LogP contribution in [0, 0.1) is 5.41 Å². The van der Waals surface area contributed by atoms with Crippen molar-refractivity contribution in [3.8, 4) is 5.88 Å². The SMILES string of the molecule is CC(CCC(C)c1cncc(OCC(C)(C)C)n1)Nc1cccc(C(C)C)n1. The van der Waals surface area contributed by atoms with Gasteiger partial charge in [0.25, 0.3) is 0 Å². The molecule has 0 aliphatic heterocycles. The van der Waals surface area contributed by atoms with Crippen LogP contribution in [-0.2, 0) is 0 Å². The minimum absolute atomic E-state index is 0.102. The molecule has 0 radical (unpaired) electrons. The first-order valence-corrected chi connectivity index (χ1v) is 10.3. The van der Waals surface area contributed by atoms with E-state index >= 15 is 0 Å². The highest BCUT2D eigenvalue weighted by atomic mass is 16.5. The molecule has 2 aromatic heterocycles. The topological polar surface area (TPSA) is 59.9 Å². The molecule has 1 N–H and O–H groups in total. The summed E-state index contributed by atoms with van der Waals surface area (Å²) in [6.07, 6.45) is 5.60. The van der Waals surface area contributed by atoms with E-state index in [0.29, 0.717) is 30.4 Å². The van der Waals surface area contributed by atoms with Gasteiger partial charge >= 0.3 is 0 Å². The van der Waals surface area contributed by atoms with E-state index in [1.807, 2.05) is 12.3 Å². The smallest absolute Gasteiger partial charge is 0.232 e. The van der Waals surface area contributed by atoms with E-state index in [-0.39, 0.29) is 5.41 Å². The molecule has 0 amide bonds. The Bertz CT molecular complexity index is 739. The van der Waals surface area contributed by atoms with Gasteiger partial charge in [-0.3, -0.25) is 4.98 Å². The summed E-state index contributed by atoms with van der Waals surface area (Å²) in [4.78, 5) is 13.7. The molecule has 2 rings (SSSR count). The molecule has 0 bridgehead atoms. The van der Waals surface area contributed by atoms with Crippen LogP contribution < -0.4 is 10.1 Å². The van der Waals surface area contributed by atoms with Crippen LogP contribution in [0.2, 0.25) is 0 Å². The summed E-state index contributed by atoms with van der Waals surface area (Å²) < 4.78 is 5.80. The first kappa shape index (κ1) is 22.1. The van der Waals surface area contributed by atoms with Crippen LogP contribution in [0.5, 0.6) is 5.88 Å². The molecule has 0 aliphatic rings. The van der Waals surface area contributed by atoms with Crippen LogP contribution in [0.3, 0.4) is 0 Å². The number of anilines is 1. The molecular formula is C23H36N4O. The lowest BCUT2D eigenvalue weighted by Gasteiger charge is -2.20. The number of aromatic nitrogens is 3. The highest BCUT2D eigenvalue weighted by Crippen LogP contribution is 2.23. The van der Waals surface area contributed by atoms with Crippen molar-refractivity contribution < 1.29 is 4.74 Å². The third-order valence-corrected chi connectivity index (χ3v) is 4.58. The summed E-state index contributed by atoms with van der Waals surface area (Å²) in [6, 6.07) is 6.52. The van der Waals surface area contributed by atoms with Gasteiger partial charge < -0.3 is 10.1 Å². The zero-order chi connectivity index (χ0) is 20.7. The van der Waals surface area contributed by atoms with Crippen LogP contribution in [0.1, 0.15) is 84.5 Å². The zero-order valence-corrected chi connectivity index (χ0v) is 18.5. The molecule has 154 valence electrons. The van der Waals surface area contributed by atoms with Crippen molar-refractivity contribution in [2.45, 2.75) is 79.2 Å². The maximum Gasteiger partial charge on any atom is 0.232 e.